The maximum atomic E-state index is 14.3. The number of rotatable bonds is 3. The third kappa shape index (κ3) is 3.13. The number of nitrogens with one attached hydrogen (secondary N) is 3. The predicted molar refractivity (Wildman–Crippen MR) is 145 cm³/mol. The second-order valence-electron chi connectivity index (χ2n) is 9.20. The quantitative estimate of drug-likeness (QED) is 0.257. The van der Waals surface area contributed by atoms with Gasteiger partial charge in [0.1, 0.15) is 0 Å². The fourth-order valence-corrected chi connectivity index (χ4v) is 5.56. The number of carbonyl (C=O) groups is 1. The Morgan fingerprint density at radius 1 is 0.639 bits per heavy atom. The average Bonchev–Trinajstić information content (AvgIpc) is 3.57. The van der Waals surface area contributed by atoms with Crippen molar-refractivity contribution in [2.75, 3.05) is 10.2 Å². The Balaban J connectivity index is 1.51. The van der Waals surface area contributed by atoms with Crippen LogP contribution in [-0.4, -0.2) is 15.9 Å². The zero-order valence-electron chi connectivity index (χ0n) is 19.5. The summed E-state index contributed by atoms with van der Waals surface area (Å²) < 4.78 is 0. The molecule has 3 N–H and O–H groups in total. The number of nitrogens with zero attached hydrogens (tertiary/aromatic N) is 1. The standard InChI is InChI=1S/C31H24N4O/c36-31(20-10-2-1-3-11-20)35-28-17-9-8-16-27(28)34-29(23-18-32-25-14-6-4-12-21(23)25)30(35)24-19-33-26-15-7-5-13-22(24)26/h1-19,29-30,32-34H/t29-,30+/m0/s1. The van der Waals surface area contributed by atoms with Gasteiger partial charge in [0.15, 0.2) is 0 Å². The molecule has 0 fully saturated rings. The highest BCUT2D eigenvalue weighted by atomic mass is 16.2. The number of carbonyl (C=O) groups excluding carboxylic acids is 1. The minimum atomic E-state index is -0.289. The van der Waals surface area contributed by atoms with Gasteiger partial charge >= 0.3 is 0 Å². The minimum absolute atomic E-state index is 0.0235. The Kier molecular flexibility index (Phi) is 4.67. The van der Waals surface area contributed by atoms with E-state index in [1.54, 1.807) is 0 Å². The van der Waals surface area contributed by atoms with Crippen LogP contribution in [0.4, 0.5) is 11.4 Å². The minimum Gasteiger partial charge on any atom is -0.374 e. The molecule has 7 rings (SSSR count). The molecule has 0 saturated heterocycles. The van der Waals surface area contributed by atoms with Gasteiger partial charge in [0, 0.05) is 50.9 Å². The Bertz CT molecular complexity index is 1710. The van der Waals surface area contributed by atoms with E-state index in [9.17, 15) is 4.79 Å². The van der Waals surface area contributed by atoms with Gasteiger partial charge in [-0.05, 0) is 36.4 Å². The van der Waals surface area contributed by atoms with Gasteiger partial charge in [-0.1, -0.05) is 66.7 Å². The highest BCUT2D eigenvalue weighted by Gasteiger charge is 2.41. The number of hydrogen-bond donors (Lipinski definition) is 3. The molecule has 5 heteroatoms. The molecule has 36 heavy (non-hydrogen) atoms. The third-order valence-electron chi connectivity index (χ3n) is 7.20. The lowest BCUT2D eigenvalue weighted by Crippen LogP contribution is -2.43. The molecule has 0 spiro atoms. The summed E-state index contributed by atoms with van der Waals surface area (Å²) in [5.41, 5.74) is 6.80. The summed E-state index contributed by atoms with van der Waals surface area (Å²) in [6.07, 6.45) is 4.13. The van der Waals surface area contributed by atoms with Crippen molar-refractivity contribution in [2.45, 2.75) is 12.1 Å². The number of aromatic nitrogens is 2. The van der Waals surface area contributed by atoms with E-state index in [1.807, 2.05) is 77.7 Å². The van der Waals surface area contributed by atoms with E-state index in [4.69, 9.17) is 0 Å². The number of anilines is 2. The molecule has 1 amide bonds. The summed E-state index contributed by atoms with van der Waals surface area (Å²) in [5, 5.41) is 6.06. The lowest BCUT2D eigenvalue weighted by Gasteiger charge is -2.43. The van der Waals surface area contributed by atoms with Crippen LogP contribution in [0.2, 0.25) is 0 Å². The summed E-state index contributed by atoms with van der Waals surface area (Å²) in [4.78, 5) is 23.1. The first-order valence-corrected chi connectivity index (χ1v) is 12.2. The highest BCUT2D eigenvalue weighted by Crippen LogP contribution is 2.49. The van der Waals surface area contributed by atoms with Gasteiger partial charge in [-0.15, -0.1) is 0 Å². The van der Waals surface area contributed by atoms with E-state index in [2.05, 4.69) is 58.0 Å². The van der Waals surface area contributed by atoms with Gasteiger partial charge < -0.3 is 15.3 Å². The summed E-state index contributed by atoms with van der Waals surface area (Å²) in [7, 11) is 0. The first kappa shape index (κ1) is 20.6. The lowest BCUT2D eigenvalue weighted by atomic mass is 9.88. The molecule has 6 aromatic rings. The van der Waals surface area contributed by atoms with Crippen molar-refractivity contribution in [3.05, 3.63) is 132 Å². The molecule has 2 aromatic heterocycles. The van der Waals surface area contributed by atoms with Gasteiger partial charge in [-0.3, -0.25) is 9.69 Å². The smallest absolute Gasteiger partial charge is 0.259 e. The van der Waals surface area contributed by atoms with E-state index >= 15 is 0 Å². The number of H-pyrrole nitrogens is 2. The summed E-state index contributed by atoms with van der Waals surface area (Å²) in [6, 6.07) is 33.8. The summed E-state index contributed by atoms with van der Waals surface area (Å²) >= 11 is 0. The average molecular weight is 469 g/mol. The van der Waals surface area contributed by atoms with Crippen LogP contribution in [0.3, 0.4) is 0 Å². The second-order valence-corrected chi connectivity index (χ2v) is 9.20. The van der Waals surface area contributed by atoms with E-state index in [0.29, 0.717) is 5.56 Å². The van der Waals surface area contributed by atoms with Crippen LogP contribution in [-0.2, 0) is 0 Å². The Hall–Kier alpha value is -4.77. The number of para-hydroxylation sites is 4. The molecule has 0 saturated carbocycles. The first-order chi connectivity index (χ1) is 17.8. The second kappa shape index (κ2) is 8.17. The van der Waals surface area contributed by atoms with Crippen molar-refractivity contribution in [3.63, 3.8) is 0 Å². The van der Waals surface area contributed by atoms with Gasteiger partial charge in [-0.25, -0.2) is 0 Å². The van der Waals surface area contributed by atoms with Gasteiger partial charge in [0.25, 0.3) is 5.91 Å². The SMILES string of the molecule is O=C(c1ccccc1)N1c2ccccc2N[C@@H](c2c[nH]c3ccccc23)[C@H]1c1c[nH]c2ccccc12. The first-order valence-electron chi connectivity index (χ1n) is 12.2. The molecule has 0 radical (unpaired) electrons. The number of benzene rings is 4. The van der Waals surface area contributed by atoms with Crippen LogP contribution in [0.25, 0.3) is 21.8 Å². The zero-order chi connectivity index (χ0) is 24.1. The van der Waals surface area contributed by atoms with Crippen molar-refractivity contribution in [1.29, 1.82) is 0 Å². The number of hydrogen-bond acceptors (Lipinski definition) is 2. The normalized spacial score (nSPS) is 17.2. The molecular weight excluding hydrogens is 444 g/mol. The molecule has 2 atom stereocenters. The van der Waals surface area contributed by atoms with Crippen LogP contribution in [0.5, 0.6) is 0 Å². The monoisotopic (exact) mass is 468 g/mol. The molecule has 4 aromatic carbocycles. The van der Waals surface area contributed by atoms with Crippen molar-refractivity contribution in [2.24, 2.45) is 0 Å². The Morgan fingerprint density at radius 2 is 1.22 bits per heavy atom. The van der Waals surface area contributed by atoms with Crippen LogP contribution in [0.15, 0.2) is 116 Å². The number of aromatic amines is 2. The fraction of sp³-hybridized carbons (Fsp3) is 0.0645. The molecule has 0 unspecified atom stereocenters. The molecular formula is C31H24N4O. The summed E-state index contributed by atoms with van der Waals surface area (Å²) in [6.45, 7) is 0. The number of amides is 1. The maximum absolute atomic E-state index is 14.3. The molecule has 174 valence electrons. The van der Waals surface area contributed by atoms with E-state index in [-0.39, 0.29) is 18.0 Å². The van der Waals surface area contributed by atoms with Crippen LogP contribution in [0, 0.1) is 0 Å². The van der Waals surface area contributed by atoms with Crippen LogP contribution in [0.1, 0.15) is 33.6 Å². The Labute approximate surface area is 208 Å². The van der Waals surface area contributed by atoms with E-state index < -0.39 is 0 Å². The van der Waals surface area contributed by atoms with Crippen molar-refractivity contribution < 1.29 is 4.79 Å². The zero-order valence-corrected chi connectivity index (χ0v) is 19.5. The van der Waals surface area contributed by atoms with Crippen molar-refractivity contribution >= 4 is 39.1 Å². The van der Waals surface area contributed by atoms with E-state index in [0.717, 1.165) is 44.3 Å². The van der Waals surface area contributed by atoms with Crippen molar-refractivity contribution in [1.82, 2.24) is 9.97 Å². The van der Waals surface area contributed by atoms with Crippen molar-refractivity contribution in [3.8, 4) is 0 Å². The van der Waals surface area contributed by atoms with Crippen LogP contribution >= 0.6 is 0 Å². The van der Waals surface area contributed by atoms with Gasteiger partial charge in [0.2, 0.25) is 0 Å². The molecule has 0 aliphatic carbocycles. The number of fused-ring (bicyclic) bond motifs is 3. The molecule has 0 bridgehead atoms. The molecule has 1 aliphatic heterocycles. The maximum Gasteiger partial charge on any atom is 0.259 e. The van der Waals surface area contributed by atoms with Gasteiger partial charge in [0.05, 0.1) is 23.5 Å². The van der Waals surface area contributed by atoms with Crippen LogP contribution < -0.4 is 10.2 Å². The lowest BCUT2D eigenvalue weighted by molar-refractivity contribution is 0.0972. The van der Waals surface area contributed by atoms with E-state index in [1.165, 1.54) is 0 Å². The largest absolute Gasteiger partial charge is 0.374 e. The topological polar surface area (TPSA) is 63.9 Å². The molecule has 3 heterocycles. The Morgan fingerprint density at radius 3 is 1.97 bits per heavy atom. The molecule has 1 aliphatic rings. The summed E-state index contributed by atoms with van der Waals surface area (Å²) in [5.74, 6) is -0.0235. The van der Waals surface area contributed by atoms with Gasteiger partial charge in [-0.2, -0.15) is 0 Å². The fourth-order valence-electron chi connectivity index (χ4n) is 5.56. The predicted octanol–water partition coefficient (Wildman–Crippen LogP) is 7.20. The highest BCUT2D eigenvalue weighted by molar-refractivity contribution is 6.09. The third-order valence-corrected chi connectivity index (χ3v) is 7.20. The molecule has 5 nitrogen and oxygen atoms in total.